The SMILES string of the molecule is c1ccc(N(c2ccccc2)c2cccc(-c3ccccc3-c3ccc4c(c3)c3ccccc3n4-c3ccccc3)c2)cc1. The highest BCUT2D eigenvalue weighted by Crippen LogP contribution is 2.40. The fourth-order valence-electron chi connectivity index (χ4n) is 6.40. The van der Waals surface area contributed by atoms with E-state index in [4.69, 9.17) is 0 Å². The van der Waals surface area contributed by atoms with Crippen LogP contribution in [0.4, 0.5) is 17.1 Å². The highest BCUT2D eigenvalue weighted by molar-refractivity contribution is 6.10. The highest BCUT2D eigenvalue weighted by atomic mass is 15.1. The third-order valence-electron chi connectivity index (χ3n) is 8.37. The molecule has 0 saturated heterocycles. The third-order valence-corrected chi connectivity index (χ3v) is 8.37. The Kier molecular flexibility index (Phi) is 6.51. The van der Waals surface area contributed by atoms with E-state index in [-0.39, 0.29) is 0 Å². The van der Waals surface area contributed by atoms with E-state index in [1.807, 2.05) is 0 Å². The molecule has 0 aliphatic rings. The van der Waals surface area contributed by atoms with Gasteiger partial charge in [0, 0.05) is 33.5 Å². The van der Waals surface area contributed by atoms with Gasteiger partial charge in [-0.05, 0) is 89.0 Å². The Morgan fingerprint density at radius 2 is 0.864 bits per heavy atom. The van der Waals surface area contributed by atoms with Crippen molar-refractivity contribution in [1.82, 2.24) is 4.57 Å². The summed E-state index contributed by atoms with van der Waals surface area (Å²) in [5.74, 6) is 0. The number of para-hydroxylation sites is 4. The van der Waals surface area contributed by atoms with Crippen molar-refractivity contribution in [3.63, 3.8) is 0 Å². The van der Waals surface area contributed by atoms with E-state index in [9.17, 15) is 0 Å². The highest BCUT2D eigenvalue weighted by Gasteiger charge is 2.16. The molecule has 0 aliphatic carbocycles. The summed E-state index contributed by atoms with van der Waals surface area (Å²) >= 11 is 0. The Labute approximate surface area is 257 Å². The van der Waals surface area contributed by atoms with E-state index >= 15 is 0 Å². The molecule has 1 heterocycles. The fourth-order valence-corrected chi connectivity index (χ4v) is 6.40. The first kappa shape index (κ1) is 25.8. The molecule has 0 atom stereocenters. The van der Waals surface area contributed by atoms with E-state index in [0.717, 1.165) is 17.1 Å². The first-order chi connectivity index (χ1) is 21.8. The third kappa shape index (κ3) is 4.54. The van der Waals surface area contributed by atoms with Gasteiger partial charge in [0.1, 0.15) is 0 Å². The van der Waals surface area contributed by atoms with Crippen LogP contribution in [-0.2, 0) is 0 Å². The van der Waals surface area contributed by atoms with Crippen LogP contribution in [-0.4, -0.2) is 4.57 Å². The van der Waals surface area contributed by atoms with Gasteiger partial charge in [0.25, 0.3) is 0 Å². The lowest BCUT2D eigenvalue weighted by molar-refractivity contribution is 1.18. The number of fused-ring (bicyclic) bond motifs is 3. The maximum Gasteiger partial charge on any atom is 0.0541 e. The number of rotatable bonds is 6. The minimum absolute atomic E-state index is 1.12. The molecule has 0 saturated carbocycles. The quantitative estimate of drug-likeness (QED) is 0.196. The van der Waals surface area contributed by atoms with Gasteiger partial charge < -0.3 is 9.47 Å². The van der Waals surface area contributed by atoms with Gasteiger partial charge in [-0.15, -0.1) is 0 Å². The van der Waals surface area contributed by atoms with Crippen LogP contribution in [0.25, 0.3) is 49.7 Å². The fraction of sp³-hybridized carbons (Fsp3) is 0. The molecule has 2 heteroatoms. The molecule has 1 aromatic heterocycles. The summed E-state index contributed by atoms with van der Waals surface area (Å²) in [7, 11) is 0. The molecule has 0 spiro atoms. The smallest absolute Gasteiger partial charge is 0.0541 e. The predicted molar refractivity (Wildman–Crippen MR) is 186 cm³/mol. The Hall–Kier alpha value is -5.86. The minimum atomic E-state index is 1.12. The molecular formula is C42H30N2. The largest absolute Gasteiger partial charge is 0.310 e. The number of hydrogen-bond acceptors (Lipinski definition) is 1. The Bertz CT molecular complexity index is 2170. The molecule has 0 fully saturated rings. The molecule has 0 N–H and O–H groups in total. The second kappa shape index (κ2) is 11.1. The van der Waals surface area contributed by atoms with Crippen molar-refractivity contribution < 1.29 is 0 Å². The predicted octanol–water partition coefficient (Wildman–Crippen LogP) is 11.6. The van der Waals surface area contributed by atoms with Gasteiger partial charge >= 0.3 is 0 Å². The first-order valence-corrected chi connectivity index (χ1v) is 15.0. The minimum Gasteiger partial charge on any atom is -0.310 e. The number of aromatic nitrogens is 1. The zero-order valence-corrected chi connectivity index (χ0v) is 24.2. The van der Waals surface area contributed by atoms with Crippen LogP contribution >= 0.6 is 0 Å². The van der Waals surface area contributed by atoms with Crippen LogP contribution in [0, 0.1) is 0 Å². The van der Waals surface area contributed by atoms with Gasteiger partial charge in [0.05, 0.1) is 11.0 Å². The van der Waals surface area contributed by atoms with Gasteiger partial charge in [-0.1, -0.05) is 115 Å². The van der Waals surface area contributed by atoms with Crippen LogP contribution in [0.2, 0.25) is 0 Å². The average molecular weight is 563 g/mol. The van der Waals surface area contributed by atoms with Gasteiger partial charge in [-0.25, -0.2) is 0 Å². The summed E-state index contributed by atoms with van der Waals surface area (Å²) in [4.78, 5) is 2.32. The number of nitrogens with zero attached hydrogens (tertiary/aromatic N) is 2. The summed E-state index contributed by atoms with van der Waals surface area (Å²) in [6, 6.07) is 65.0. The van der Waals surface area contributed by atoms with Crippen molar-refractivity contribution in [2.45, 2.75) is 0 Å². The standard InChI is InChI=1S/C42H30N2/c1-4-16-33(17-5-1)43(34-18-6-2-7-19-34)36-22-14-15-31(29-36)37-23-10-11-24-38(37)32-27-28-42-40(30-32)39-25-12-13-26-41(39)44(42)35-20-8-3-9-21-35/h1-30H. The molecule has 7 aromatic carbocycles. The van der Waals surface area contributed by atoms with E-state index in [0.29, 0.717) is 0 Å². The second-order valence-electron chi connectivity index (χ2n) is 11.0. The van der Waals surface area contributed by atoms with E-state index in [1.165, 1.54) is 49.7 Å². The first-order valence-electron chi connectivity index (χ1n) is 15.0. The Morgan fingerprint density at radius 3 is 1.55 bits per heavy atom. The zero-order chi connectivity index (χ0) is 29.3. The molecule has 2 nitrogen and oxygen atoms in total. The van der Waals surface area contributed by atoms with Gasteiger partial charge in [-0.2, -0.15) is 0 Å². The molecule has 0 aliphatic heterocycles. The molecule has 44 heavy (non-hydrogen) atoms. The number of hydrogen-bond donors (Lipinski definition) is 0. The number of anilines is 3. The maximum atomic E-state index is 2.37. The molecule has 0 radical (unpaired) electrons. The summed E-state index contributed by atoms with van der Waals surface area (Å²) in [6.07, 6.45) is 0. The molecule has 8 rings (SSSR count). The molecular weight excluding hydrogens is 532 g/mol. The molecule has 0 unspecified atom stereocenters. The van der Waals surface area contributed by atoms with Crippen molar-refractivity contribution in [3.05, 3.63) is 182 Å². The topological polar surface area (TPSA) is 8.17 Å². The number of benzene rings is 7. The van der Waals surface area contributed by atoms with E-state index < -0.39 is 0 Å². The second-order valence-corrected chi connectivity index (χ2v) is 11.0. The summed E-state index contributed by atoms with van der Waals surface area (Å²) < 4.78 is 2.37. The summed E-state index contributed by atoms with van der Waals surface area (Å²) in [5.41, 5.74) is 11.8. The van der Waals surface area contributed by atoms with Crippen molar-refractivity contribution in [2.75, 3.05) is 4.90 Å². The normalized spacial score (nSPS) is 11.2. The van der Waals surface area contributed by atoms with Crippen molar-refractivity contribution >= 4 is 38.9 Å². The lowest BCUT2D eigenvalue weighted by Crippen LogP contribution is -2.09. The van der Waals surface area contributed by atoms with Crippen LogP contribution in [0.1, 0.15) is 0 Å². The Morgan fingerprint density at radius 1 is 0.341 bits per heavy atom. The molecule has 208 valence electrons. The van der Waals surface area contributed by atoms with Crippen molar-refractivity contribution in [2.24, 2.45) is 0 Å². The monoisotopic (exact) mass is 562 g/mol. The van der Waals surface area contributed by atoms with Crippen LogP contribution in [0.5, 0.6) is 0 Å². The summed E-state index contributed by atoms with van der Waals surface area (Å²) in [5, 5.41) is 2.51. The Balaban J connectivity index is 1.27. The summed E-state index contributed by atoms with van der Waals surface area (Å²) in [6.45, 7) is 0. The van der Waals surface area contributed by atoms with Crippen LogP contribution < -0.4 is 4.90 Å². The van der Waals surface area contributed by atoms with Crippen LogP contribution in [0.3, 0.4) is 0 Å². The lowest BCUT2D eigenvalue weighted by atomic mass is 9.93. The van der Waals surface area contributed by atoms with Gasteiger partial charge in [0.2, 0.25) is 0 Å². The van der Waals surface area contributed by atoms with Crippen molar-refractivity contribution in [1.29, 1.82) is 0 Å². The van der Waals surface area contributed by atoms with E-state index in [2.05, 4.69) is 191 Å². The zero-order valence-electron chi connectivity index (χ0n) is 24.2. The van der Waals surface area contributed by atoms with Gasteiger partial charge in [-0.3, -0.25) is 0 Å². The van der Waals surface area contributed by atoms with Crippen molar-refractivity contribution in [3.8, 4) is 27.9 Å². The maximum absolute atomic E-state index is 2.37. The average Bonchev–Trinajstić information content (AvgIpc) is 3.44. The van der Waals surface area contributed by atoms with E-state index in [1.54, 1.807) is 0 Å². The molecule has 0 amide bonds. The molecule has 0 bridgehead atoms. The molecule has 8 aromatic rings. The van der Waals surface area contributed by atoms with Crippen LogP contribution in [0.15, 0.2) is 182 Å². The lowest BCUT2D eigenvalue weighted by Gasteiger charge is -2.26. The van der Waals surface area contributed by atoms with Gasteiger partial charge in [0.15, 0.2) is 0 Å².